The molecule has 11 atom stereocenters. The van der Waals surface area contributed by atoms with Crippen molar-refractivity contribution < 1.29 is 79.2 Å². The number of ether oxygens (including phenoxy) is 5. The van der Waals surface area contributed by atoms with Crippen molar-refractivity contribution in [3.05, 3.63) is 24.3 Å². The molecule has 0 aromatic heterocycles. The summed E-state index contributed by atoms with van der Waals surface area (Å²) in [5.41, 5.74) is 0. The molecule has 1 aromatic rings. The van der Waals surface area contributed by atoms with Crippen molar-refractivity contribution >= 4 is 11.9 Å². The lowest BCUT2D eigenvalue weighted by molar-refractivity contribution is -0.332. The Bertz CT molecular complexity index is 1010. The average Bonchev–Trinajstić information content (AvgIpc) is 2.97. The van der Waals surface area contributed by atoms with E-state index in [9.17, 15) is 50.4 Å². The third-order valence-corrected chi connectivity index (χ3v) is 6.75. The summed E-state index contributed by atoms with van der Waals surface area (Å²) in [7, 11) is 1.45. The van der Waals surface area contributed by atoms with Crippen molar-refractivity contribution in [3.8, 4) is 11.5 Å². The van der Waals surface area contributed by atoms with Gasteiger partial charge in [-0.3, -0.25) is 4.79 Å². The van der Waals surface area contributed by atoms with Crippen LogP contribution < -0.4 is 14.8 Å². The molecule has 41 heavy (non-hydrogen) atoms. The van der Waals surface area contributed by atoms with Crippen LogP contribution in [0.25, 0.3) is 0 Å². The van der Waals surface area contributed by atoms with Gasteiger partial charge < -0.3 is 75.0 Å². The van der Waals surface area contributed by atoms with Crippen LogP contribution in [-0.2, 0) is 23.8 Å². The fraction of sp³-hybridized carbons (Fsp3) is 0.667. The lowest BCUT2D eigenvalue weighted by atomic mass is 9.88. The number of methoxy groups -OCH3 is 1. The maximum Gasteiger partial charge on any atom is 0.364 e. The minimum Gasteiger partial charge on any atom is -0.497 e. The van der Waals surface area contributed by atoms with E-state index in [4.69, 9.17) is 28.8 Å². The summed E-state index contributed by atoms with van der Waals surface area (Å²) in [6.07, 6.45) is -17.0. The minimum atomic E-state index is -2.77. The molecule has 3 rings (SSSR count). The molecule has 0 bridgehead atoms. The average molecular weight is 594 g/mol. The van der Waals surface area contributed by atoms with Crippen LogP contribution in [-0.4, -0.2) is 152 Å². The van der Waals surface area contributed by atoms with Gasteiger partial charge in [0.2, 0.25) is 12.2 Å². The van der Waals surface area contributed by atoms with Gasteiger partial charge in [0.05, 0.1) is 32.5 Å². The standard InChI is InChI=1S/C24H35NO16/c1-37-10-2-4-11(5-3-10)39-22-20(34)19(33)18(32)14(40-22)9-38-24(23(35)36)6-12(28)16(25-15(30)8-27)21(41-24)17(31)13(29)7-26/h2-5,12-14,16-22,26-29,31-34H,6-9H2,1H3,(H,25,30)(H,35,36)/t12?,13-,14?,16?,17-,18?,19?,20?,21?,22?,24?/m0/s1. The zero-order valence-corrected chi connectivity index (χ0v) is 21.8. The quantitative estimate of drug-likeness (QED) is 0.109. The number of benzene rings is 1. The Labute approximate surface area is 233 Å². The lowest BCUT2D eigenvalue weighted by Gasteiger charge is -2.47. The number of carbonyl (C=O) groups excluding carboxylic acids is 1. The van der Waals surface area contributed by atoms with Crippen LogP contribution in [0.15, 0.2) is 24.3 Å². The Morgan fingerprint density at radius 1 is 1.05 bits per heavy atom. The highest BCUT2D eigenvalue weighted by Gasteiger charge is 2.57. The Balaban J connectivity index is 1.81. The van der Waals surface area contributed by atoms with E-state index in [0.717, 1.165) is 0 Å². The van der Waals surface area contributed by atoms with Crippen molar-refractivity contribution in [3.63, 3.8) is 0 Å². The van der Waals surface area contributed by atoms with E-state index < -0.39 is 105 Å². The molecular formula is C24H35NO16. The van der Waals surface area contributed by atoms with Gasteiger partial charge in [-0.1, -0.05) is 0 Å². The summed E-state index contributed by atoms with van der Waals surface area (Å²) >= 11 is 0. The number of rotatable bonds is 12. The van der Waals surface area contributed by atoms with E-state index >= 15 is 0 Å². The number of carboxylic acids is 1. The van der Waals surface area contributed by atoms with Gasteiger partial charge in [0.25, 0.3) is 5.79 Å². The van der Waals surface area contributed by atoms with E-state index in [1.807, 2.05) is 0 Å². The molecule has 2 saturated heterocycles. The maximum absolute atomic E-state index is 12.3. The predicted molar refractivity (Wildman–Crippen MR) is 130 cm³/mol. The number of hydrogen-bond donors (Lipinski definition) is 10. The third-order valence-electron chi connectivity index (χ3n) is 6.75. The second-order valence-corrected chi connectivity index (χ2v) is 9.52. The van der Waals surface area contributed by atoms with Gasteiger partial charge >= 0.3 is 5.97 Å². The summed E-state index contributed by atoms with van der Waals surface area (Å²) in [5.74, 6) is -4.92. The van der Waals surface area contributed by atoms with Crippen molar-refractivity contribution in [1.82, 2.24) is 5.32 Å². The minimum absolute atomic E-state index is 0.189. The van der Waals surface area contributed by atoms with Crippen LogP contribution >= 0.6 is 0 Å². The van der Waals surface area contributed by atoms with Crippen LogP contribution in [0.1, 0.15) is 6.42 Å². The fourth-order valence-electron chi connectivity index (χ4n) is 4.43. The Kier molecular flexibility index (Phi) is 11.2. The summed E-state index contributed by atoms with van der Waals surface area (Å²) in [4.78, 5) is 24.1. The van der Waals surface area contributed by atoms with E-state index in [1.165, 1.54) is 19.2 Å². The molecule has 2 heterocycles. The largest absolute Gasteiger partial charge is 0.497 e. The van der Waals surface area contributed by atoms with Gasteiger partial charge in [0, 0.05) is 6.42 Å². The second-order valence-electron chi connectivity index (χ2n) is 9.52. The highest BCUT2D eigenvalue weighted by molar-refractivity contribution is 5.78. The summed E-state index contributed by atoms with van der Waals surface area (Å²) in [6, 6.07) is 4.50. The first-order valence-electron chi connectivity index (χ1n) is 12.5. The van der Waals surface area contributed by atoms with Crippen molar-refractivity contribution in [2.45, 2.75) is 73.4 Å². The SMILES string of the molecule is COc1ccc(OC2OC(COC3(C(=O)O)CC(O)C(NC(=O)CO)C([C@@H](O)[C@@H](O)CO)O3)C(O)C(O)C2O)cc1. The van der Waals surface area contributed by atoms with E-state index in [-0.39, 0.29) is 5.75 Å². The summed E-state index contributed by atoms with van der Waals surface area (Å²) < 4.78 is 27.1. The number of aliphatic hydroxyl groups is 8. The molecule has 2 aliphatic rings. The maximum atomic E-state index is 12.3. The third kappa shape index (κ3) is 7.40. The molecule has 9 unspecified atom stereocenters. The number of nitrogens with one attached hydrogen (secondary N) is 1. The van der Waals surface area contributed by atoms with E-state index in [1.54, 1.807) is 12.1 Å². The molecule has 0 saturated carbocycles. The van der Waals surface area contributed by atoms with Crippen LogP contribution in [0.2, 0.25) is 0 Å². The Morgan fingerprint density at radius 3 is 2.24 bits per heavy atom. The van der Waals surface area contributed by atoms with E-state index in [0.29, 0.717) is 5.75 Å². The molecule has 2 aliphatic heterocycles. The molecule has 10 N–H and O–H groups in total. The first kappa shape index (κ1) is 32.8. The van der Waals surface area contributed by atoms with Gasteiger partial charge in [-0.15, -0.1) is 0 Å². The van der Waals surface area contributed by atoms with Gasteiger partial charge in [0.15, 0.2) is 0 Å². The molecule has 0 spiro atoms. The molecule has 1 amide bonds. The normalized spacial score (nSPS) is 35.2. The zero-order chi connectivity index (χ0) is 30.5. The van der Waals surface area contributed by atoms with Crippen LogP contribution in [0.4, 0.5) is 0 Å². The monoisotopic (exact) mass is 593 g/mol. The van der Waals surface area contributed by atoms with E-state index in [2.05, 4.69) is 5.32 Å². The van der Waals surface area contributed by atoms with Crippen molar-refractivity contribution in [2.24, 2.45) is 0 Å². The highest BCUT2D eigenvalue weighted by Crippen LogP contribution is 2.35. The van der Waals surface area contributed by atoms with Gasteiger partial charge in [-0.25, -0.2) is 4.79 Å². The fourth-order valence-corrected chi connectivity index (χ4v) is 4.43. The topological polar surface area (TPSA) is 274 Å². The van der Waals surface area contributed by atoms with Gasteiger partial charge in [0.1, 0.15) is 60.8 Å². The Hall–Kier alpha value is -2.68. The van der Waals surface area contributed by atoms with Crippen LogP contribution in [0.5, 0.6) is 11.5 Å². The molecule has 17 heteroatoms. The molecule has 1 aromatic carbocycles. The molecule has 232 valence electrons. The number of amides is 1. The second kappa shape index (κ2) is 14.0. The number of aliphatic carboxylic acids is 1. The number of aliphatic hydroxyl groups excluding tert-OH is 8. The van der Waals surface area contributed by atoms with Crippen LogP contribution in [0.3, 0.4) is 0 Å². The number of carbonyl (C=O) groups is 2. The van der Waals surface area contributed by atoms with Crippen molar-refractivity contribution in [2.75, 3.05) is 26.9 Å². The Morgan fingerprint density at radius 2 is 1.68 bits per heavy atom. The molecular weight excluding hydrogens is 558 g/mol. The smallest absolute Gasteiger partial charge is 0.364 e. The molecule has 0 aliphatic carbocycles. The number of carboxylic acid groups (broad SMARTS) is 1. The summed E-state index contributed by atoms with van der Waals surface area (Å²) in [5, 5.41) is 92.8. The summed E-state index contributed by atoms with van der Waals surface area (Å²) in [6.45, 7) is -2.86. The first-order valence-corrected chi connectivity index (χ1v) is 12.5. The first-order chi connectivity index (χ1) is 19.4. The predicted octanol–water partition coefficient (Wildman–Crippen LogP) is -4.98. The van der Waals surface area contributed by atoms with Gasteiger partial charge in [-0.2, -0.15) is 0 Å². The lowest BCUT2D eigenvalue weighted by Crippen LogP contribution is -2.68. The molecule has 0 radical (unpaired) electrons. The van der Waals surface area contributed by atoms with Crippen molar-refractivity contribution in [1.29, 1.82) is 0 Å². The zero-order valence-electron chi connectivity index (χ0n) is 21.8. The number of hydrogen-bond acceptors (Lipinski definition) is 15. The van der Waals surface area contributed by atoms with Crippen LogP contribution in [0, 0.1) is 0 Å². The highest BCUT2D eigenvalue weighted by atomic mass is 16.7. The molecule has 17 nitrogen and oxygen atoms in total. The molecule has 2 fully saturated rings. The van der Waals surface area contributed by atoms with Gasteiger partial charge in [-0.05, 0) is 24.3 Å².